The van der Waals surface area contributed by atoms with Gasteiger partial charge in [0.05, 0.1) is 9.13 Å². The van der Waals surface area contributed by atoms with Crippen LogP contribution in [0.15, 0.2) is 12.1 Å². The normalized spacial score (nSPS) is 11.0. The maximum Gasteiger partial charge on any atom is 0.188 e. The Bertz CT molecular complexity index is 536. The van der Waals surface area contributed by atoms with E-state index < -0.39 is 5.60 Å². The molecule has 0 spiro atoms. The molecule has 1 rings (SSSR count). The van der Waals surface area contributed by atoms with Gasteiger partial charge in [0.1, 0.15) is 5.60 Å². The van der Waals surface area contributed by atoms with Crippen molar-refractivity contribution >= 4 is 22.6 Å². The van der Waals surface area contributed by atoms with Crippen LogP contribution in [0.2, 0.25) is 0 Å². The smallest absolute Gasteiger partial charge is 0.188 e. The lowest BCUT2D eigenvalue weighted by atomic mass is 10.0. The first-order valence-corrected chi connectivity index (χ1v) is 8.65. The summed E-state index contributed by atoms with van der Waals surface area (Å²) in [6.07, 6.45) is 4.63. The average molecular weight is 416 g/mol. The largest absolute Gasteiger partial charge is 0.465 e. The number of hydrogen-bond acceptors (Lipinski definition) is 3. The van der Waals surface area contributed by atoms with Crippen molar-refractivity contribution < 1.29 is 14.6 Å². The van der Waals surface area contributed by atoms with Gasteiger partial charge in [-0.15, -0.1) is 0 Å². The van der Waals surface area contributed by atoms with E-state index in [1.807, 2.05) is 0 Å². The predicted molar refractivity (Wildman–Crippen MR) is 98.1 cm³/mol. The van der Waals surface area contributed by atoms with Crippen molar-refractivity contribution in [1.29, 1.82) is 0 Å². The number of rotatable bonds is 7. The van der Waals surface area contributed by atoms with Crippen molar-refractivity contribution in [2.45, 2.75) is 52.1 Å². The Morgan fingerprint density at radius 3 is 2.59 bits per heavy atom. The maximum atomic E-state index is 9.82. The molecule has 0 radical (unpaired) electrons. The van der Waals surface area contributed by atoms with Crippen LogP contribution in [0.25, 0.3) is 0 Å². The standard InChI is InChI=1S/C18H25IO3/c1-5-6-7-8-14-11-15(9-10-18(2,3)20)17(16(19)12-14)22-13-21-4/h11-12,20H,5-8,13H2,1-4H3. The van der Waals surface area contributed by atoms with Crippen molar-refractivity contribution in [1.82, 2.24) is 0 Å². The number of ether oxygens (including phenoxy) is 2. The van der Waals surface area contributed by atoms with Crippen LogP contribution in [-0.4, -0.2) is 24.6 Å². The van der Waals surface area contributed by atoms with Crippen molar-refractivity contribution in [3.8, 4) is 17.6 Å². The van der Waals surface area contributed by atoms with Gasteiger partial charge in [0, 0.05) is 7.11 Å². The molecular weight excluding hydrogens is 391 g/mol. The van der Waals surface area contributed by atoms with E-state index in [0.29, 0.717) is 0 Å². The van der Waals surface area contributed by atoms with E-state index in [1.54, 1.807) is 21.0 Å². The molecule has 1 aromatic carbocycles. The second-order valence-electron chi connectivity index (χ2n) is 5.77. The number of aliphatic hydroxyl groups is 1. The summed E-state index contributed by atoms with van der Waals surface area (Å²) in [6, 6.07) is 4.19. The first-order chi connectivity index (χ1) is 10.4. The van der Waals surface area contributed by atoms with Gasteiger partial charge in [0.25, 0.3) is 0 Å². The Kier molecular flexibility index (Phi) is 8.23. The number of benzene rings is 1. The second kappa shape index (κ2) is 9.39. The molecule has 4 heteroatoms. The highest BCUT2D eigenvalue weighted by atomic mass is 127. The summed E-state index contributed by atoms with van der Waals surface area (Å²) in [5.41, 5.74) is 1.03. The molecule has 122 valence electrons. The fraction of sp³-hybridized carbons (Fsp3) is 0.556. The third-order valence-corrected chi connectivity index (χ3v) is 3.80. The van der Waals surface area contributed by atoms with E-state index in [9.17, 15) is 5.11 Å². The third kappa shape index (κ3) is 6.99. The quantitative estimate of drug-likeness (QED) is 0.315. The molecule has 1 N–H and O–H groups in total. The zero-order chi connectivity index (χ0) is 16.6. The Labute approximate surface area is 147 Å². The number of halogens is 1. The van der Waals surface area contributed by atoms with E-state index in [-0.39, 0.29) is 6.79 Å². The van der Waals surface area contributed by atoms with E-state index >= 15 is 0 Å². The molecule has 1 aromatic rings. The van der Waals surface area contributed by atoms with Gasteiger partial charge >= 0.3 is 0 Å². The molecule has 0 bridgehead atoms. The van der Waals surface area contributed by atoms with Gasteiger partial charge in [0.15, 0.2) is 12.5 Å². The SMILES string of the molecule is CCCCCc1cc(I)c(OCOC)c(C#CC(C)(C)O)c1. The van der Waals surface area contributed by atoms with Crippen LogP contribution in [0.4, 0.5) is 0 Å². The number of unbranched alkanes of at least 4 members (excludes halogenated alkanes) is 2. The Morgan fingerprint density at radius 2 is 2.00 bits per heavy atom. The summed E-state index contributed by atoms with van der Waals surface area (Å²) in [7, 11) is 1.59. The van der Waals surface area contributed by atoms with Gasteiger partial charge in [-0.25, -0.2) is 0 Å². The zero-order valence-electron chi connectivity index (χ0n) is 13.8. The Balaban J connectivity index is 3.11. The summed E-state index contributed by atoms with van der Waals surface area (Å²) in [4.78, 5) is 0. The molecule has 0 saturated heterocycles. The van der Waals surface area contributed by atoms with Crippen molar-refractivity contribution in [3.63, 3.8) is 0 Å². The fourth-order valence-corrected chi connectivity index (χ4v) is 2.80. The van der Waals surface area contributed by atoms with Gasteiger partial charge in [-0.2, -0.15) is 0 Å². The highest BCUT2D eigenvalue weighted by molar-refractivity contribution is 14.1. The molecule has 3 nitrogen and oxygen atoms in total. The van der Waals surface area contributed by atoms with Crippen LogP contribution in [0, 0.1) is 15.4 Å². The number of hydrogen-bond donors (Lipinski definition) is 1. The molecule has 0 unspecified atom stereocenters. The molecule has 0 atom stereocenters. The van der Waals surface area contributed by atoms with Crippen LogP contribution < -0.4 is 4.74 Å². The van der Waals surface area contributed by atoms with Gasteiger partial charge in [-0.3, -0.25) is 0 Å². The molecule has 0 heterocycles. The van der Waals surface area contributed by atoms with E-state index in [2.05, 4.69) is 53.5 Å². The molecule has 0 amide bonds. The Hall–Kier alpha value is -0.770. The molecule has 0 saturated carbocycles. The predicted octanol–water partition coefficient (Wildman–Crippen LogP) is 4.13. The van der Waals surface area contributed by atoms with Gasteiger partial charge < -0.3 is 14.6 Å². The summed E-state index contributed by atoms with van der Waals surface area (Å²) in [6.45, 7) is 5.73. The van der Waals surface area contributed by atoms with Crippen LogP contribution in [0.5, 0.6) is 5.75 Å². The van der Waals surface area contributed by atoms with Crippen molar-refractivity contribution in [2.24, 2.45) is 0 Å². The lowest BCUT2D eigenvalue weighted by Crippen LogP contribution is -2.14. The van der Waals surface area contributed by atoms with Crippen LogP contribution in [-0.2, 0) is 11.2 Å². The van der Waals surface area contributed by atoms with Gasteiger partial charge in [0.2, 0.25) is 0 Å². The number of aryl methyl sites for hydroxylation is 1. The maximum absolute atomic E-state index is 9.82. The minimum Gasteiger partial charge on any atom is -0.465 e. The second-order valence-corrected chi connectivity index (χ2v) is 6.93. The van der Waals surface area contributed by atoms with E-state index in [1.165, 1.54) is 24.8 Å². The number of methoxy groups -OCH3 is 1. The molecule has 0 fully saturated rings. The van der Waals surface area contributed by atoms with Gasteiger partial charge in [-0.1, -0.05) is 31.6 Å². The first kappa shape index (κ1) is 19.3. The molecule has 22 heavy (non-hydrogen) atoms. The monoisotopic (exact) mass is 416 g/mol. The zero-order valence-corrected chi connectivity index (χ0v) is 16.0. The Morgan fingerprint density at radius 1 is 1.27 bits per heavy atom. The highest BCUT2D eigenvalue weighted by Crippen LogP contribution is 2.28. The van der Waals surface area contributed by atoms with E-state index in [4.69, 9.17) is 9.47 Å². The summed E-state index contributed by atoms with van der Waals surface area (Å²) >= 11 is 2.26. The average Bonchev–Trinajstić information content (AvgIpc) is 2.43. The van der Waals surface area contributed by atoms with Crippen molar-refractivity contribution in [3.05, 3.63) is 26.8 Å². The summed E-state index contributed by atoms with van der Waals surface area (Å²) < 4.78 is 11.7. The highest BCUT2D eigenvalue weighted by Gasteiger charge is 2.11. The molecule has 0 aromatic heterocycles. The van der Waals surface area contributed by atoms with Crippen molar-refractivity contribution in [2.75, 3.05) is 13.9 Å². The summed E-state index contributed by atoms with van der Waals surface area (Å²) in [5.74, 6) is 6.63. The third-order valence-electron chi connectivity index (χ3n) is 3.00. The van der Waals surface area contributed by atoms with Crippen LogP contribution >= 0.6 is 22.6 Å². The van der Waals surface area contributed by atoms with Crippen LogP contribution in [0.1, 0.15) is 51.2 Å². The fourth-order valence-electron chi connectivity index (χ4n) is 1.95. The topological polar surface area (TPSA) is 38.7 Å². The van der Waals surface area contributed by atoms with Gasteiger partial charge in [-0.05, 0) is 67.0 Å². The lowest BCUT2D eigenvalue weighted by Gasteiger charge is -2.13. The first-order valence-electron chi connectivity index (χ1n) is 7.57. The summed E-state index contributed by atoms with van der Waals surface area (Å²) in [5, 5.41) is 9.82. The molecular formula is C18H25IO3. The minimum atomic E-state index is -1.03. The molecule has 0 aliphatic heterocycles. The minimum absolute atomic E-state index is 0.183. The van der Waals surface area contributed by atoms with Crippen LogP contribution in [0.3, 0.4) is 0 Å². The molecule has 0 aliphatic rings. The molecule has 0 aliphatic carbocycles. The van der Waals surface area contributed by atoms with E-state index in [0.717, 1.165) is 21.3 Å². The lowest BCUT2D eigenvalue weighted by molar-refractivity contribution is 0.0503.